The summed E-state index contributed by atoms with van der Waals surface area (Å²) in [6.07, 6.45) is 5.53. The maximum absolute atomic E-state index is 12.0. The Morgan fingerprint density at radius 3 is 2.57 bits per heavy atom. The van der Waals surface area contributed by atoms with E-state index in [0.717, 1.165) is 41.8 Å². The number of carbonyl (C=O) groups excluding carboxylic acids is 1. The molecule has 28 heavy (non-hydrogen) atoms. The predicted molar refractivity (Wildman–Crippen MR) is 109 cm³/mol. The van der Waals surface area contributed by atoms with E-state index in [9.17, 15) is 4.79 Å². The van der Waals surface area contributed by atoms with Gasteiger partial charge in [-0.05, 0) is 50.0 Å². The Kier molecular flexibility index (Phi) is 5.09. The van der Waals surface area contributed by atoms with E-state index in [1.165, 1.54) is 0 Å². The second-order valence-corrected chi connectivity index (χ2v) is 7.71. The molecular formula is C23H26N2O3. The normalized spacial score (nSPS) is 19.9. The summed E-state index contributed by atoms with van der Waals surface area (Å²) in [6.45, 7) is 2.67. The molecule has 5 nitrogen and oxygen atoms in total. The molecule has 1 saturated carbocycles. The first-order chi connectivity index (χ1) is 13.6. The Morgan fingerprint density at radius 2 is 1.89 bits per heavy atom. The number of hydroxylamine groups is 1. The first-order valence-electron chi connectivity index (χ1n) is 9.83. The Morgan fingerprint density at radius 1 is 1.18 bits per heavy atom. The maximum Gasteiger partial charge on any atom is 0.245 e. The summed E-state index contributed by atoms with van der Waals surface area (Å²) < 4.78 is 6.01. The van der Waals surface area contributed by atoms with Crippen LogP contribution >= 0.6 is 0 Å². The zero-order valence-electron chi connectivity index (χ0n) is 16.1. The van der Waals surface area contributed by atoms with Crippen molar-refractivity contribution in [3.63, 3.8) is 0 Å². The van der Waals surface area contributed by atoms with Crippen molar-refractivity contribution >= 4 is 17.2 Å². The molecule has 1 unspecified atom stereocenters. The van der Waals surface area contributed by atoms with Crippen LogP contribution in [0.3, 0.4) is 0 Å². The number of hydrogen-bond acceptors (Lipinski definition) is 4. The first-order valence-corrected chi connectivity index (χ1v) is 9.83. The molecule has 0 radical (unpaired) electrons. The molecule has 1 aliphatic heterocycles. The van der Waals surface area contributed by atoms with Crippen LogP contribution in [-0.2, 0) is 4.79 Å². The number of hydrogen-bond donors (Lipinski definition) is 2. The number of para-hydroxylation sites is 2. The van der Waals surface area contributed by atoms with Gasteiger partial charge in [-0.15, -0.1) is 0 Å². The van der Waals surface area contributed by atoms with Gasteiger partial charge in [0.25, 0.3) is 0 Å². The number of ether oxygens (including phenoxy) is 1. The van der Waals surface area contributed by atoms with Crippen molar-refractivity contribution in [2.45, 2.75) is 44.2 Å². The largest absolute Gasteiger partial charge is 0.489 e. The number of rotatable bonds is 6. The van der Waals surface area contributed by atoms with Gasteiger partial charge in [-0.3, -0.25) is 10.0 Å². The van der Waals surface area contributed by atoms with E-state index in [-0.39, 0.29) is 17.5 Å². The summed E-state index contributed by atoms with van der Waals surface area (Å²) in [5.41, 5.74) is 5.00. The van der Waals surface area contributed by atoms with Gasteiger partial charge in [0.2, 0.25) is 5.91 Å². The average molecular weight is 378 g/mol. The molecule has 1 aliphatic carbocycles. The molecule has 146 valence electrons. The Labute approximate surface area is 165 Å². The molecule has 4 rings (SSSR count). The zero-order valence-corrected chi connectivity index (χ0v) is 16.1. The first kappa shape index (κ1) is 18.6. The van der Waals surface area contributed by atoms with Crippen LogP contribution in [0, 0.1) is 0 Å². The minimum Gasteiger partial charge on any atom is -0.489 e. The topological polar surface area (TPSA) is 61.8 Å². The third kappa shape index (κ3) is 3.38. The van der Waals surface area contributed by atoms with E-state index >= 15 is 0 Å². The molecule has 5 heteroatoms. The lowest BCUT2D eigenvalue weighted by molar-refractivity contribution is -0.131. The molecular weight excluding hydrogens is 352 g/mol. The van der Waals surface area contributed by atoms with Crippen LogP contribution < -0.4 is 15.1 Å². The highest BCUT2D eigenvalue weighted by Crippen LogP contribution is 2.48. The fraction of sp³-hybridized carbons (Fsp3) is 0.348. The van der Waals surface area contributed by atoms with Crippen molar-refractivity contribution in [2.75, 3.05) is 11.5 Å². The van der Waals surface area contributed by atoms with Gasteiger partial charge < -0.3 is 9.64 Å². The maximum atomic E-state index is 12.0. The number of fused-ring (bicyclic) bond motifs is 1. The van der Waals surface area contributed by atoms with Crippen molar-refractivity contribution in [3.8, 4) is 5.75 Å². The second-order valence-electron chi connectivity index (χ2n) is 7.71. The Hall–Kier alpha value is -2.79. The Balaban J connectivity index is 1.63. The molecule has 2 aromatic rings. The van der Waals surface area contributed by atoms with Gasteiger partial charge in [0.15, 0.2) is 0 Å². The van der Waals surface area contributed by atoms with Crippen LogP contribution in [0.2, 0.25) is 0 Å². The van der Waals surface area contributed by atoms with Crippen LogP contribution in [0.4, 0.5) is 5.69 Å². The minimum atomic E-state index is -0.327. The van der Waals surface area contributed by atoms with Crippen molar-refractivity contribution in [1.82, 2.24) is 5.48 Å². The average Bonchev–Trinajstić information content (AvgIpc) is 2.70. The van der Waals surface area contributed by atoms with Gasteiger partial charge in [0, 0.05) is 22.8 Å². The second kappa shape index (κ2) is 7.68. The van der Waals surface area contributed by atoms with E-state index in [2.05, 4.69) is 30.0 Å². The third-order valence-corrected chi connectivity index (χ3v) is 5.91. The van der Waals surface area contributed by atoms with Gasteiger partial charge in [-0.2, -0.15) is 0 Å². The predicted octanol–water partition coefficient (Wildman–Crippen LogP) is 4.18. The smallest absolute Gasteiger partial charge is 0.245 e. The number of nitrogens with zero attached hydrogens (tertiary/aromatic N) is 1. The molecule has 1 heterocycles. The SMILES string of the molecule is CC1C=C(COc2ccccc2)c2ccccc2N1C1(CC(=O)NO)CCC1. The van der Waals surface area contributed by atoms with Crippen molar-refractivity contribution in [2.24, 2.45) is 0 Å². The number of nitrogens with one attached hydrogen (secondary N) is 1. The molecule has 2 N–H and O–H groups in total. The van der Waals surface area contributed by atoms with E-state index in [0.29, 0.717) is 13.0 Å². The van der Waals surface area contributed by atoms with E-state index < -0.39 is 0 Å². The summed E-state index contributed by atoms with van der Waals surface area (Å²) in [6, 6.07) is 18.3. The van der Waals surface area contributed by atoms with Crippen LogP contribution in [-0.4, -0.2) is 29.3 Å². The molecule has 0 bridgehead atoms. The zero-order chi connectivity index (χ0) is 19.6. The van der Waals surface area contributed by atoms with Crippen LogP contribution in [0.1, 0.15) is 38.2 Å². The summed E-state index contributed by atoms with van der Waals surface area (Å²) >= 11 is 0. The molecule has 1 fully saturated rings. The highest BCUT2D eigenvalue weighted by atomic mass is 16.5. The van der Waals surface area contributed by atoms with Gasteiger partial charge in [0.1, 0.15) is 12.4 Å². The van der Waals surface area contributed by atoms with Crippen molar-refractivity contribution in [1.29, 1.82) is 0 Å². The Bertz CT molecular complexity index is 874. The summed E-state index contributed by atoms with van der Waals surface area (Å²) in [5, 5.41) is 9.05. The van der Waals surface area contributed by atoms with E-state index in [1.54, 1.807) is 0 Å². The molecule has 2 aliphatic rings. The van der Waals surface area contributed by atoms with E-state index in [1.807, 2.05) is 47.9 Å². The van der Waals surface area contributed by atoms with Gasteiger partial charge in [0.05, 0.1) is 6.42 Å². The minimum absolute atomic E-state index is 0.135. The van der Waals surface area contributed by atoms with Gasteiger partial charge in [-0.25, -0.2) is 5.48 Å². The molecule has 1 atom stereocenters. The van der Waals surface area contributed by atoms with Crippen LogP contribution in [0.5, 0.6) is 5.75 Å². The van der Waals surface area contributed by atoms with E-state index in [4.69, 9.17) is 9.94 Å². The molecule has 0 spiro atoms. The highest BCUT2D eigenvalue weighted by Gasteiger charge is 2.47. The molecule has 1 amide bonds. The standard InChI is InChI=1S/C23H26N2O3/c1-17-14-18(16-28-19-8-3-2-4-9-19)20-10-5-6-11-21(20)25(17)23(12-7-13-23)15-22(26)24-27/h2-6,8-11,14,17,27H,7,12-13,15-16H2,1H3,(H,24,26). The van der Waals surface area contributed by atoms with Crippen LogP contribution in [0.15, 0.2) is 60.7 Å². The van der Waals surface area contributed by atoms with Gasteiger partial charge >= 0.3 is 0 Å². The molecule has 0 aromatic heterocycles. The third-order valence-electron chi connectivity index (χ3n) is 5.91. The molecule has 0 saturated heterocycles. The van der Waals surface area contributed by atoms with Crippen molar-refractivity contribution < 1.29 is 14.7 Å². The fourth-order valence-electron chi connectivity index (χ4n) is 4.55. The highest BCUT2D eigenvalue weighted by molar-refractivity contribution is 5.84. The monoisotopic (exact) mass is 378 g/mol. The summed E-state index contributed by atoms with van der Waals surface area (Å²) in [5.74, 6) is 0.526. The van der Waals surface area contributed by atoms with Gasteiger partial charge in [-0.1, -0.05) is 42.5 Å². The number of anilines is 1. The summed E-state index contributed by atoms with van der Waals surface area (Å²) in [4.78, 5) is 14.4. The number of benzene rings is 2. The van der Waals surface area contributed by atoms with Crippen molar-refractivity contribution in [3.05, 3.63) is 66.2 Å². The lowest BCUT2D eigenvalue weighted by Crippen LogP contribution is -2.60. The van der Waals surface area contributed by atoms with Crippen LogP contribution in [0.25, 0.3) is 5.57 Å². The number of amides is 1. The number of carbonyl (C=O) groups is 1. The summed E-state index contributed by atoms with van der Waals surface area (Å²) in [7, 11) is 0. The lowest BCUT2D eigenvalue weighted by Gasteiger charge is -2.55. The quantitative estimate of drug-likeness (QED) is 0.585. The lowest BCUT2D eigenvalue weighted by atomic mass is 9.71. The fourth-order valence-corrected chi connectivity index (χ4v) is 4.55. The molecule has 2 aromatic carbocycles.